The van der Waals surface area contributed by atoms with Crippen LogP contribution in [0.5, 0.6) is 0 Å². The third-order valence-corrected chi connectivity index (χ3v) is 4.87. The Kier molecular flexibility index (Phi) is 12.2. The Hall–Kier alpha value is -3.52. The zero-order chi connectivity index (χ0) is 25.7. The Balaban J connectivity index is 2.97. The predicted octanol–water partition coefficient (Wildman–Crippen LogP) is -2.17. The van der Waals surface area contributed by atoms with Crippen LogP contribution in [0.4, 0.5) is 0 Å². The normalized spacial score (nSPS) is 14.3. The van der Waals surface area contributed by atoms with Gasteiger partial charge in [-0.15, -0.1) is 0 Å². The molecule has 4 unspecified atom stereocenters. The molecular weight excluding hydrogens is 450 g/mol. The van der Waals surface area contributed by atoms with E-state index in [0.29, 0.717) is 25.1 Å². The molecule has 190 valence electrons. The molecule has 1 aromatic heterocycles. The number of carbonyl (C=O) groups is 5. The average molecular weight is 484 g/mol. The summed E-state index contributed by atoms with van der Waals surface area (Å²) in [5.41, 5.74) is 11.5. The maximum Gasteiger partial charge on any atom is 0.326 e. The number of unbranched alkanes of at least 4 members (excludes halogenated alkanes) is 1. The molecule has 1 heterocycles. The summed E-state index contributed by atoms with van der Waals surface area (Å²) in [6.45, 7) is 1.82. The molecule has 0 aliphatic rings. The third kappa shape index (κ3) is 10.4. The number of aliphatic carboxylic acids is 2. The first-order valence-electron chi connectivity index (χ1n) is 10.8. The number of amides is 3. The third-order valence-electron chi connectivity index (χ3n) is 4.87. The van der Waals surface area contributed by atoms with Crippen molar-refractivity contribution >= 4 is 29.7 Å². The van der Waals surface area contributed by atoms with Crippen LogP contribution in [0.25, 0.3) is 0 Å². The van der Waals surface area contributed by atoms with Gasteiger partial charge in [-0.2, -0.15) is 0 Å². The first kappa shape index (κ1) is 28.5. The van der Waals surface area contributed by atoms with E-state index < -0.39 is 60.2 Å². The van der Waals surface area contributed by atoms with Crippen molar-refractivity contribution in [1.82, 2.24) is 25.9 Å². The van der Waals surface area contributed by atoms with Gasteiger partial charge in [-0.1, -0.05) is 0 Å². The Morgan fingerprint density at radius 1 is 0.971 bits per heavy atom. The summed E-state index contributed by atoms with van der Waals surface area (Å²) in [7, 11) is 0. The van der Waals surface area contributed by atoms with E-state index in [1.165, 1.54) is 19.4 Å². The lowest BCUT2D eigenvalue weighted by Gasteiger charge is -2.24. The number of hydrogen-bond acceptors (Lipinski definition) is 8. The van der Waals surface area contributed by atoms with Crippen LogP contribution in [0, 0.1) is 0 Å². The molecule has 4 atom stereocenters. The highest BCUT2D eigenvalue weighted by molar-refractivity contribution is 5.94. The molecule has 1 rings (SSSR count). The second-order valence-electron chi connectivity index (χ2n) is 7.81. The van der Waals surface area contributed by atoms with Crippen LogP contribution in [0.15, 0.2) is 12.5 Å². The lowest BCUT2D eigenvalue weighted by atomic mass is 10.0. The minimum atomic E-state index is -1.35. The fraction of sp³-hybridized carbons (Fsp3) is 0.600. The van der Waals surface area contributed by atoms with Crippen molar-refractivity contribution in [3.63, 3.8) is 0 Å². The number of nitrogens with two attached hydrogens (primary N) is 2. The van der Waals surface area contributed by atoms with E-state index in [9.17, 15) is 29.1 Å². The Morgan fingerprint density at radius 3 is 2.06 bits per heavy atom. The first-order valence-corrected chi connectivity index (χ1v) is 10.8. The minimum Gasteiger partial charge on any atom is -0.481 e. The SMILES string of the molecule is CC(N)C(=O)NC(CCCCN)C(=O)NC(CCC(=O)O)C(=O)NC(Cc1cnc[nH]1)C(=O)O. The van der Waals surface area contributed by atoms with Crippen molar-refractivity contribution in [3.8, 4) is 0 Å². The second-order valence-corrected chi connectivity index (χ2v) is 7.81. The van der Waals surface area contributed by atoms with Gasteiger partial charge in [0.2, 0.25) is 17.7 Å². The maximum absolute atomic E-state index is 12.9. The molecule has 0 spiro atoms. The number of H-pyrrole nitrogens is 1. The van der Waals surface area contributed by atoms with Crippen LogP contribution in [-0.4, -0.2) is 80.6 Å². The topological polar surface area (TPSA) is 243 Å². The fourth-order valence-corrected chi connectivity index (χ4v) is 2.96. The number of imidazole rings is 1. The van der Waals surface area contributed by atoms with Crippen molar-refractivity contribution < 1.29 is 34.2 Å². The maximum atomic E-state index is 12.9. The van der Waals surface area contributed by atoms with E-state index in [1.54, 1.807) is 0 Å². The van der Waals surface area contributed by atoms with Gasteiger partial charge in [0.1, 0.15) is 18.1 Å². The number of carboxylic acid groups (broad SMARTS) is 2. The standard InChI is InChI=1S/C20H33N7O7/c1-11(22)17(30)25-13(4-2-3-7-21)18(31)26-14(5-6-16(28)29)19(32)27-15(20(33)34)8-12-9-23-10-24-12/h9-11,13-15H,2-8,21-22H2,1H3,(H,23,24)(H,25,30)(H,26,31)(H,27,32)(H,28,29)(H,33,34). The van der Waals surface area contributed by atoms with Gasteiger partial charge in [0.15, 0.2) is 0 Å². The van der Waals surface area contributed by atoms with Crippen LogP contribution in [0.1, 0.15) is 44.7 Å². The highest BCUT2D eigenvalue weighted by atomic mass is 16.4. The van der Waals surface area contributed by atoms with Gasteiger partial charge in [0.05, 0.1) is 12.4 Å². The summed E-state index contributed by atoms with van der Waals surface area (Å²) in [6, 6.07) is -4.62. The van der Waals surface area contributed by atoms with Crippen molar-refractivity contribution in [3.05, 3.63) is 18.2 Å². The van der Waals surface area contributed by atoms with E-state index in [4.69, 9.17) is 16.6 Å². The summed E-state index contributed by atoms with van der Waals surface area (Å²) in [6.07, 6.45) is 3.21. The Morgan fingerprint density at radius 2 is 1.56 bits per heavy atom. The number of aromatic amines is 1. The number of aromatic nitrogens is 2. The second kappa shape index (κ2) is 14.6. The molecule has 34 heavy (non-hydrogen) atoms. The van der Waals surface area contributed by atoms with Crippen LogP contribution >= 0.6 is 0 Å². The quantitative estimate of drug-likeness (QED) is 0.118. The van der Waals surface area contributed by atoms with E-state index in [2.05, 4.69) is 25.9 Å². The number of rotatable bonds is 16. The van der Waals surface area contributed by atoms with Crippen molar-refractivity contribution in [2.45, 2.75) is 69.6 Å². The molecule has 1 aromatic rings. The van der Waals surface area contributed by atoms with Crippen molar-refractivity contribution in [1.29, 1.82) is 0 Å². The molecule has 3 amide bonds. The molecule has 0 saturated carbocycles. The van der Waals surface area contributed by atoms with Gasteiger partial charge >= 0.3 is 11.9 Å². The van der Waals surface area contributed by atoms with Gasteiger partial charge in [0, 0.05) is 24.7 Å². The monoisotopic (exact) mass is 483 g/mol. The highest BCUT2D eigenvalue weighted by Gasteiger charge is 2.30. The summed E-state index contributed by atoms with van der Waals surface area (Å²) in [5.74, 6) is -4.71. The number of nitrogens with zero attached hydrogens (tertiary/aromatic N) is 1. The molecule has 0 fully saturated rings. The largest absolute Gasteiger partial charge is 0.481 e. The van der Waals surface area contributed by atoms with Gasteiger partial charge in [0.25, 0.3) is 0 Å². The van der Waals surface area contributed by atoms with Crippen LogP contribution in [0.3, 0.4) is 0 Å². The van der Waals surface area contributed by atoms with Gasteiger partial charge in [-0.05, 0) is 39.2 Å². The summed E-state index contributed by atoms with van der Waals surface area (Å²) in [5, 5.41) is 25.7. The molecule has 0 aromatic carbocycles. The average Bonchev–Trinajstić information content (AvgIpc) is 3.28. The van der Waals surface area contributed by atoms with Crippen molar-refractivity contribution in [2.75, 3.05) is 6.54 Å². The van der Waals surface area contributed by atoms with E-state index in [0.717, 1.165) is 0 Å². The molecule has 0 saturated heterocycles. The molecule has 0 aliphatic heterocycles. The summed E-state index contributed by atoms with van der Waals surface area (Å²) >= 11 is 0. The van der Waals surface area contributed by atoms with E-state index >= 15 is 0 Å². The number of carbonyl (C=O) groups excluding carboxylic acids is 3. The molecule has 10 N–H and O–H groups in total. The van der Waals surface area contributed by atoms with Crippen molar-refractivity contribution in [2.24, 2.45) is 11.5 Å². The van der Waals surface area contributed by atoms with Crippen LogP contribution < -0.4 is 27.4 Å². The summed E-state index contributed by atoms with van der Waals surface area (Å²) < 4.78 is 0. The van der Waals surface area contributed by atoms with Gasteiger partial charge in [-0.3, -0.25) is 19.2 Å². The minimum absolute atomic E-state index is 0.104. The molecule has 14 heteroatoms. The molecule has 0 aliphatic carbocycles. The van der Waals surface area contributed by atoms with Gasteiger partial charge in [-0.25, -0.2) is 9.78 Å². The summed E-state index contributed by atoms with van der Waals surface area (Å²) in [4.78, 5) is 66.9. The van der Waals surface area contributed by atoms with Gasteiger partial charge < -0.3 is 42.6 Å². The molecule has 0 bridgehead atoms. The predicted molar refractivity (Wildman–Crippen MR) is 119 cm³/mol. The highest BCUT2D eigenvalue weighted by Crippen LogP contribution is 2.06. The van der Waals surface area contributed by atoms with Crippen LogP contribution in [-0.2, 0) is 30.4 Å². The first-order chi connectivity index (χ1) is 16.0. The van der Waals surface area contributed by atoms with E-state index in [-0.39, 0.29) is 19.3 Å². The smallest absolute Gasteiger partial charge is 0.326 e. The fourth-order valence-electron chi connectivity index (χ4n) is 2.96. The molecule has 14 nitrogen and oxygen atoms in total. The van der Waals surface area contributed by atoms with Crippen LogP contribution in [0.2, 0.25) is 0 Å². The number of carboxylic acids is 2. The lowest BCUT2D eigenvalue weighted by Crippen LogP contribution is -2.57. The number of nitrogens with one attached hydrogen (secondary N) is 4. The lowest BCUT2D eigenvalue weighted by molar-refractivity contribution is -0.143. The molecular formula is C20H33N7O7. The Labute approximate surface area is 196 Å². The molecule has 0 radical (unpaired) electrons. The number of hydrogen-bond donors (Lipinski definition) is 8. The zero-order valence-corrected chi connectivity index (χ0v) is 19.0. The zero-order valence-electron chi connectivity index (χ0n) is 19.0. The van der Waals surface area contributed by atoms with E-state index in [1.807, 2.05) is 0 Å². The Bertz CT molecular complexity index is 829.